The molecule has 0 amide bonds. The number of hydrogen-bond donors (Lipinski definition) is 0. The summed E-state index contributed by atoms with van der Waals surface area (Å²) in [7, 11) is 0. The van der Waals surface area contributed by atoms with E-state index in [4.69, 9.17) is 9.15 Å². The zero-order valence-electron chi connectivity index (χ0n) is 12.2. The first kappa shape index (κ1) is 14.1. The fourth-order valence-electron chi connectivity index (χ4n) is 2.11. The van der Waals surface area contributed by atoms with Crippen LogP contribution in [0.3, 0.4) is 0 Å². The van der Waals surface area contributed by atoms with Crippen LogP contribution in [0.2, 0.25) is 0 Å². The molecule has 0 bridgehead atoms. The maximum atomic E-state index is 11.9. The summed E-state index contributed by atoms with van der Waals surface area (Å²) in [6, 6.07) is 14.7. The first-order valence-corrected chi connectivity index (χ1v) is 7.07. The molecule has 0 spiro atoms. The van der Waals surface area contributed by atoms with Crippen LogP contribution in [0, 0.1) is 0 Å². The molecule has 110 valence electrons. The highest BCUT2D eigenvalue weighted by molar-refractivity contribution is 5.76. The second kappa shape index (κ2) is 6.26. The SMILES string of the molecule is CCOc1ccc(/C=C/c2nc(=O)c3ccccc3o2)cc1. The third kappa shape index (κ3) is 3.06. The minimum Gasteiger partial charge on any atom is -0.494 e. The zero-order chi connectivity index (χ0) is 15.4. The molecule has 0 aliphatic heterocycles. The number of aromatic nitrogens is 1. The Morgan fingerprint density at radius 3 is 2.64 bits per heavy atom. The van der Waals surface area contributed by atoms with Gasteiger partial charge in [0.1, 0.15) is 11.3 Å². The molecule has 3 rings (SSSR count). The van der Waals surface area contributed by atoms with Gasteiger partial charge in [-0.1, -0.05) is 24.3 Å². The highest BCUT2D eigenvalue weighted by Crippen LogP contribution is 2.15. The van der Waals surface area contributed by atoms with Gasteiger partial charge in [0.25, 0.3) is 5.56 Å². The zero-order valence-corrected chi connectivity index (χ0v) is 12.2. The average molecular weight is 293 g/mol. The Morgan fingerprint density at radius 2 is 1.86 bits per heavy atom. The lowest BCUT2D eigenvalue weighted by molar-refractivity contribution is 0.340. The van der Waals surface area contributed by atoms with Crippen molar-refractivity contribution in [3.63, 3.8) is 0 Å². The van der Waals surface area contributed by atoms with Gasteiger partial charge in [-0.05, 0) is 42.8 Å². The van der Waals surface area contributed by atoms with Crippen LogP contribution >= 0.6 is 0 Å². The van der Waals surface area contributed by atoms with E-state index in [2.05, 4.69) is 4.98 Å². The highest BCUT2D eigenvalue weighted by atomic mass is 16.5. The molecule has 0 N–H and O–H groups in total. The number of ether oxygens (including phenoxy) is 1. The first-order valence-electron chi connectivity index (χ1n) is 7.07. The molecule has 0 aliphatic carbocycles. The number of nitrogens with zero attached hydrogens (tertiary/aromatic N) is 1. The monoisotopic (exact) mass is 293 g/mol. The van der Waals surface area contributed by atoms with Crippen molar-refractivity contribution in [1.82, 2.24) is 4.98 Å². The van der Waals surface area contributed by atoms with E-state index in [9.17, 15) is 4.79 Å². The van der Waals surface area contributed by atoms with Crippen LogP contribution in [0.25, 0.3) is 23.1 Å². The average Bonchev–Trinajstić information content (AvgIpc) is 2.55. The van der Waals surface area contributed by atoms with Gasteiger partial charge in [-0.2, -0.15) is 4.98 Å². The fourth-order valence-corrected chi connectivity index (χ4v) is 2.11. The Labute approximate surface area is 127 Å². The molecular weight excluding hydrogens is 278 g/mol. The second-order valence-corrected chi connectivity index (χ2v) is 4.69. The normalized spacial score (nSPS) is 11.1. The van der Waals surface area contributed by atoms with E-state index in [0.29, 0.717) is 17.6 Å². The lowest BCUT2D eigenvalue weighted by atomic mass is 10.2. The van der Waals surface area contributed by atoms with E-state index in [1.165, 1.54) is 0 Å². The molecule has 0 fully saturated rings. The Kier molecular flexibility index (Phi) is 4.01. The summed E-state index contributed by atoms with van der Waals surface area (Å²) in [6.45, 7) is 2.59. The van der Waals surface area contributed by atoms with Crippen molar-refractivity contribution in [2.75, 3.05) is 6.61 Å². The summed E-state index contributed by atoms with van der Waals surface area (Å²) in [5.74, 6) is 1.12. The number of rotatable bonds is 4. The quantitative estimate of drug-likeness (QED) is 0.735. The predicted molar refractivity (Wildman–Crippen MR) is 86.8 cm³/mol. The van der Waals surface area contributed by atoms with Crippen LogP contribution in [0.5, 0.6) is 5.75 Å². The highest BCUT2D eigenvalue weighted by Gasteiger charge is 2.02. The van der Waals surface area contributed by atoms with Crippen LogP contribution < -0.4 is 10.3 Å². The van der Waals surface area contributed by atoms with Gasteiger partial charge < -0.3 is 9.15 Å². The van der Waals surface area contributed by atoms with Gasteiger partial charge in [0.15, 0.2) is 0 Å². The molecule has 0 aliphatic rings. The number of hydrogen-bond acceptors (Lipinski definition) is 4. The van der Waals surface area contributed by atoms with Gasteiger partial charge in [-0.15, -0.1) is 0 Å². The largest absolute Gasteiger partial charge is 0.494 e. The Balaban J connectivity index is 1.87. The Bertz CT molecular complexity index is 863. The van der Waals surface area contributed by atoms with E-state index >= 15 is 0 Å². The van der Waals surface area contributed by atoms with Gasteiger partial charge in [-0.25, -0.2) is 0 Å². The summed E-state index contributed by atoms with van der Waals surface area (Å²) in [5.41, 5.74) is 1.23. The summed E-state index contributed by atoms with van der Waals surface area (Å²) < 4.78 is 11.0. The number of para-hydroxylation sites is 1. The van der Waals surface area contributed by atoms with Gasteiger partial charge >= 0.3 is 0 Å². The molecule has 0 saturated carbocycles. The van der Waals surface area contributed by atoms with Gasteiger partial charge in [0.2, 0.25) is 5.89 Å². The summed E-state index contributed by atoms with van der Waals surface area (Å²) >= 11 is 0. The van der Waals surface area contributed by atoms with E-state index in [1.807, 2.05) is 43.3 Å². The molecule has 0 saturated heterocycles. The third-order valence-electron chi connectivity index (χ3n) is 3.15. The van der Waals surface area contributed by atoms with Crippen LogP contribution in [-0.2, 0) is 0 Å². The minimum absolute atomic E-state index is 0.284. The molecule has 0 atom stereocenters. The van der Waals surface area contributed by atoms with E-state index in [1.54, 1.807) is 24.3 Å². The van der Waals surface area contributed by atoms with Crippen molar-refractivity contribution < 1.29 is 9.15 Å². The van der Waals surface area contributed by atoms with Crippen LogP contribution in [0.4, 0.5) is 0 Å². The van der Waals surface area contributed by atoms with Crippen LogP contribution in [0.1, 0.15) is 18.4 Å². The van der Waals surface area contributed by atoms with Crippen molar-refractivity contribution in [2.45, 2.75) is 6.92 Å². The van der Waals surface area contributed by atoms with Gasteiger partial charge in [-0.3, -0.25) is 4.79 Å². The summed E-state index contributed by atoms with van der Waals surface area (Å²) in [6.07, 6.45) is 3.53. The molecule has 3 aromatic rings. The molecule has 4 heteroatoms. The van der Waals surface area contributed by atoms with Gasteiger partial charge in [0.05, 0.1) is 12.0 Å². The first-order chi connectivity index (χ1) is 10.8. The Morgan fingerprint density at radius 1 is 1.09 bits per heavy atom. The lowest BCUT2D eigenvalue weighted by Gasteiger charge is -2.02. The molecule has 1 aromatic heterocycles. The maximum absolute atomic E-state index is 11.9. The smallest absolute Gasteiger partial charge is 0.284 e. The number of benzene rings is 2. The van der Waals surface area contributed by atoms with Gasteiger partial charge in [0, 0.05) is 6.08 Å². The van der Waals surface area contributed by atoms with Crippen molar-refractivity contribution in [1.29, 1.82) is 0 Å². The second-order valence-electron chi connectivity index (χ2n) is 4.69. The summed E-state index contributed by atoms with van der Waals surface area (Å²) in [4.78, 5) is 15.8. The van der Waals surface area contributed by atoms with Crippen LogP contribution in [0.15, 0.2) is 57.7 Å². The Hall–Kier alpha value is -2.88. The molecule has 22 heavy (non-hydrogen) atoms. The molecular formula is C18H15NO3. The minimum atomic E-state index is -0.284. The van der Waals surface area contributed by atoms with Crippen molar-refractivity contribution >= 4 is 23.1 Å². The molecule has 0 unspecified atom stereocenters. The van der Waals surface area contributed by atoms with Crippen molar-refractivity contribution in [2.24, 2.45) is 0 Å². The number of fused-ring (bicyclic) bond motifs is 1. The molecule has 2 aromatic carbocycles. The molecule has 4 nitrogen and oxygen atoms in total. The topological polar surface area (TPSA) is 52.3 Å². The fraction of sp³-hybridized carbons (Fsp3) is 0.111. The molecule has 0 radical (unpaired) electrons. The van der Waals surface area contributed by atoms with Crippen LogP contribution in [-0.4, -0.2) is 11.6 Å². The lowest BCUT2D eigenvalue weighted by Crippen LogP contribution is -2.06. The van der Waals surface area contributed by atoms with Crippen molar-refractivity contribution in [3.05, 3.63) is 70.3 Å². The predicted octanol–water partition coefficient (Wildman–Crippen LogP) is 3.76. The maximum Gasteiger partial charge on any atom is 0.284 e. The standard InChI is InChI=1S/C18H15NO3/c1-2-21-14-10-7-13(8-11-14)9-12-17-19-18(20)15-5-3-4-6-16(15)22-17/h3-12H,2H2,1H3/b12-9+. The third-order valence-corrected chi connectivity index (χ3v) is 3.15. The van der Waals surface area contributed by atoms with E-state index in [-0.39, 0.29) is 11.4 Å². The summed E-state index contributed by atoms with van der Waals surface area (Å²) in [5, 5.41) is 0.487. The van der Waals surface area contributed by atoms with Crippen molar-refractivity contribution in [3.8, 4) is 5.75 Å². The van der Waals surface area contributed by atoms with E-state index in [0.717, 1.165) is 11.3 Å². The van der Waals surface area contributed by atoms with E-state index < -0.39 is 0 Å². The molecule has 1 heterocycles.